The van der Waals surface area contributed by atoms with Crippen molar-refractivity contribution >= 4 is 40.3 Å². The molecule has 0 bridgehead atoms. The summed E-state index contributed by atoms with van der Waals surface area (Å²) >= 11 is 1.33. The van der Waals surface area contributed by atoms with E-state index in [0.717, 1.165) is 25.1 Å². The van der Waals surface area contributed by atoms with E-state index in [2.05, 4.69) is 14.8 Å². The Morgan fingerprint density at radius 3 is 3.00 bits per heavy atom. The summed E-state index contributed by atoms with van der Waals surface area (Å²) in [7, 11) is -3.64. The third-order valence-corrected chi connectivity index (χ3v) is 6.11. The zero-order valence-electron chi connectivity index (χ0n) is 12.7. The van der Waals surface area contributed by atoms with Crippen LogP contribution in [0.25, 0.3) is 0 Å². The lowest BCUT2D eigenvalue weighted by molar-refractivity contribution is 0.605. The van der Waals surface area contributed by atoms with Crippen LogP contribution in [0.15, 0.2) is 53.4 Å². The Bertz CT molecular complexity index is 849. The normalized spacial score (nSPS) is 18.6. The maximum atomic E-state index is 12.7. The van der Waals surface area contributed by atoms with Gasteiger partial charge in [-0.3, -0.25) is 9.03 Å². The molecule has 0 saturated heterocycles. The number of anilines is 1. The van der Waals surface area contributed by atoms with Crippen LogP contribution in [0, 0.1) is 0 Å². The minimum absolute atomic E-state index is 0. The van der Waals surface area contributed by atoms with Crippen LogP contribution in [-0.4, -0.2) is 19.3 Å². The fourth-order valence-corrected chi connectivity index (χ4v) is 4.77. The van der Waals surface area contributed by atoms with Crippen molar-refractivity contribution in [3.63, 3.8) is 0 Å². The number of sulfonamides is 1. The summed E-state index contributed by atoms with van der Waals surface area (Å²) in [4.78, 5) is 0.258. The summed E-state index contributed by atoms with van der Waals surface area (Å²) in [6.45, 7) is 1.74. The van der Waals surface area contributed by atoms with Crippen LogP contribution in [0.3, 0.4) is 0 Å². The van der Waals surface area contributed by atoms with Gasteiger partial charge in [-0.05, 0) is 48.4 Å². The molecule has 0 fully saturated rings. The van der Waals surface area contributed by atoms with Gasteiger partial charge in [0.1, 0.15) is 4.91 Å². The number of nitrogens with one attached hydrogen (secondary N) is 3. The Balaban J connectivity index is 0.00000169. The van der Waals surface area contributed by atoms with Crippen molar-refractivity contribution in [1.29, 1.82) is 0 Å². The number of fused-ring (bicyclic) bond motifs is 2. The molecule has 0 amide bonds. The number of benzene rings is 1. The highest BCUT2D eigenvalue weighted by Gasteiger charge is 2.29. The van der Waals surface area contributed by atoms with Crippen molar-refractivity contribution in [3.8, 4) is 0 Å². The molecule has 0 atom stereocenters. The molecule has 0 aliphatic carbocycles. The van der Waals surface area contributed by atoms with E-state index in [0.29, 0.717) is 11.4 Å². The van der Waals surface area contributed by atoms with Gasteiger partial charge in [-0.25, -0.2) is 8.42 Å². The Hall–Kier alpha value is -1.61. The second-order valence-corrected chi connectivity index (χ2v) is 7.92. The van der Waals surface area contributed by atoms with Crippen molar-refractivity contribution in [1.82, 2.24) is 14.3 Å². The van der Waals surface area contributed by atoms with E-state index in [1.807, 2.05) is 24.4 Å². The molecule has 0 unspecified atom stereocenters. The van der Waals surface area contributed by atoms with E-state index < -0.39 is 10.0 Å². The number of rotatable bonds is 3. The largest absolute Gasteiger partial charge is 0.316 e. The van der Waals surface area contributed by atoms with E-state index in [-0.39, 0.29) is 17.3 Å². The molecule has 1 aromatic rings. The Morgan fingerprint density at radius 1 is 1.25 bits per heavy atom. The van der Waals surface area contributed by atoms with Crippen LogP contribution in [0.1, 0.15) is 11.1 Å². The number of halogens is 1. The highest BCUT2D eigenvalue weighted by Crippen LogP contribution is 2.34. The Kier molecular flexibility index (Phi) is 4.82. The maximum Gasteiger partial charge on any atom is 0.264 e. The lowest BCUT2D eigenvalue weighted by atomic mass is 10.0. The molecule has 6 nitrogen and oxygen atoms in total. The van der Waals surface area contributed by atoms with Gasteiger partial charge in [0.2, 0.25) is 0 Å². The molecule has 4 rings (SSSR count). The van der Waals surface area contributed by atoms with Gasteiger partial charge in [0.25, 0.3) is 10.0 Å². The van der Waals surface area contributed by atoms with Gasteiger partial charge in [0.15, 0.2) is 0 Å². The lowest BCUT2D eigenvalue weighted by Gasteiger charge is -2.21. The molecule has 0 radical (unpaired) electrons. The summed E-state index contributed by atoms with van der Waals surface area (Å²) in [6.07, 6.45) is 7.82. The summed E-state index contributed by atoms with van der Waals surface area (Å²) < 4.78 is 32.9. The maximum absolute atomic E-state index is 12.7. The van der Waals surface area contributed by atoms with Crippen molar-refractivity contribution in [3.05, 3.63) is 64.5 Å². The van der Waals surface area contributed by atoms with Crippen LogP contribution in [0.5, 0.6) is 0 Å². The van der Waals surface area contributed by atoms with Gasteiger partial charge >= 0.3 is 0 Å². The van der Waals surface area contributed by atoms with Crippen LogP contribution < -0.4 is 14.8 Å². The first-order valence-electron chi connectivity index (χ1n) is 7.30. The van der Waals surface area contributed by atoms with E-state index in [4.69, 9.17) is 0 Å². The lowest BCUT2D eigenvalue weighted by Crippen LogP contribution is -2.24. The number of allylic oxidation sites excluding steroid dienone is 2. The van der Waals surface area contributed by atoms with Crippen LogP contribution >= 0.6 is 24.5 Å². The van der Waals surface area contributed by atoms with Crippen LogP contribution in [0.2, 0.25) is 0 Å². The summed E-state index contributed by atoms with van der Waals surface area (Å²) in [5, 5.41) is 3.30. The monoisotopic (exact) mass is 384 g/mol. The standard InChI is InChI=1S/C15H16N4O2S2.ClH/c20-23(21,15-2-1-7-19-14(15)10-17-22-19)18-13-4-3-11-5-6-16-9-12(11)8-13;/h1-4,7-8,10,16-18H,5-6,9H2;1H. The van der Waals surface area contributed by atoms with E-state index in [9.17, 15) is 8.42 Å². The molecule has 24 heavy (non-hydrogen) atoms. The highest BCUT2D eigenvalue weighted by molar-refractivity contribution is 7.97. The first-order valence-corrected chi connectivity index (χ1v) is 9.55. The second kappa shape index (κ2) is 6.72. The smallest absolute Gasteiger partial charge is 0.264 e. The molecular weight excluding hydrogens is 368 g/mol. The van der Waals surface area contributed by atoms with Gasteiger partial charge < -0.3 is 10.0 Å². The summed E-state index contributed by atoms with van der Waals surface area (Å²) in [6, 6.07) is 5.74. The van der Waals surface area contributed by atoms with Gasteiger partial charge in [-0.15, -0.1) is 12.4 Å². The van der Waals surface area contributed by atoms with E-state index >= 15 is 0 Å². The van der Waals surface area contributed by atoms with Crippen molar-refractivity contribution in [2.45, 2.75) is 13.0 Å². The van der Waals surface area contributed by atoms with Gasteiger partial charge in [-0.1, -0.05) is 6.07 Å². The summed E-state index contributed by atoms with van der Waals surface area (Å²) in [5.41, 5.74) is 3.64. The first kappa shape index (κ1) is 17.2. The SMILES string of the molecule is Cl.O=S(=O)(Nc1ccc2c(c1)CNCC2)C1=CC=CN2SNC=C12. The first-order chi connectivity index (χ1) is 11.1. The minimum atomic E-state index is -3.64. The topological polar surface area (TPSA) is 73.5 Å². The third kappa shape index (κ3) is 3.14. The quantitative estimate of drug-likeness (QED) is 0.694. The van der Waals surface area contributed by atoms with Crippen molar-refractivity contribution in [2.24, 2.45) is 0 Å². The van der Waals surface area contributed by atoms with E-state index in [1.54, 1.807) is 22.7 Å². The molecule has 0 aromatic heterocycles. The predicted octanol–water partition coefficient (Wildman–Crippen LogP) is 2.22. The fraction of sp³-hybridized carbons (Fsp3) is 0.200. The molecule has 3 aliphatic rings. The molecule has 9 heteroatoms. The number of hydrogen-bond acceptors (Lipinski definition) is 6. The van der Waals surface area contributed by atoms with Crippen molar-refractivity contribution < 1.29 is 8.42 Å². The molecular formula is C15H17ClN4O2S2. The van der Waals surface area contributed by atoms with Gasteiger partial charge in [-0.2, -0.15) is 0 Å². The molecule has 0 spiro atoms. The second-order valence-electron chi connectivity index (χ2n) is 5.45. The molecule has 3 N–H and O–H groups in total. The van der Waals surface area contributed by atoms with Gasteiger partial charge in [0.05, 0.1) is 17.8 Å². The van der Waals surface area contributed by atoms with E-state index in [1.165, 1.54) is 17.7 Å². The average Bonchev–Trinajstić information content (AvgIpc) is 3.02. The molecule has 128 valence electrons. The zero-order chi connectivity index (χ0) is 15.9. The number of nitrogens with zero attached hydrogens (tertiary/aromatic N) is 1. The molecule has 1 aromatic carbocycles. The molecule has 3 aliphatic heterocycles. The molecule has 0 saturated carbocycles. The molecule has 3 heterocycles. The van der Waals surface area contributed by atoms with Crippen LogP contribution in [0.4, 0.5) is 5.69 Å². The van der Waals surface area contributed by atoms with Gasteiger partial charge in [0, 0.05) is 24.6 Å². The Morgan fingerprint density at radius 2 is 2.12 bits per heavy atom. The predicted molar refractivity (Wildman–Crippen MR) is 99.5 cm³/mol. The Labute approximate surface area is 151 Å². The number of hydrogen-bond donors (Lipinski definition) is 3. The third-order valence-electron chi connectivity index (χ3n) is 3.94. The average molecular weight is 385 g/mol. The van der Waals surface area contributed by atoms with Crippen LogP contribution in [-0.2, 0) is 23.0 Å². The minimum Gasteiger partial charge on any atom is -0.316 e. The fourth-order valence-electron chi connectivity index (χ4n) is 2.82. The highest BCUT2D eigenvalue weighted by atomic mass is 35.5. The van der Waals surface area contributed by atoms with Crippen molar-refractivity contribution in [2.75, 3.05) is 11.3 Å². The zero-order valence-corrected chi connectivity index (χ0v) is 15.1. The summed E-state index contributed by atoms with van der Waals surface area (Å²) in [5.74, 6) is 0.